The number of Topliss-reactive ketones (excluding diaryl/α,β-unsaturated/α-hetero) is 1. The number of nitrogens with zero attached hydrogens (tertiary/aromatic N) is 2. The molecule has 1 atom stereocenters. The minimum atomic E-state index is -0.778. The fourth-order valence-corrected chi connectivity index (χ4v) is 5.07. The summed E-state index contributed by atoms with van der Waals surface area (Å²) in [5, 5.41) is 11.3. The lowest BCUT2D eigenvalue weighted by Crippen LogP contribution is -2.34. The number of carbonyl (C=O) groups is 2. The van der Waals surface area contributed by atoms with Crippen molar-refractivity contribution < 1.29 is 24.2 Å². The fourth-order valence-electron chi connectivity index (χ4n) is 4.81. The van der Waals surface area contributed by atoms with Crippen molar-refractivity contribution in [3.05, 3.63) is 63.6 Å². The van der Waals surface area contributed by atoms with Crippen LogP contribution in [0.25, 0.3) is 5.76 Å². The van der Waals surface area contributed by atoms with Gasteiger partial charge >= 0.3 is 0 Å². The van der Waals surface area contributed by atoms with Gasteiger partial charge in [0.25, 0.3) is 11.7 Å². The average molecular weight is 588 g/mol. The Hall–Kier alpha value is -2.84. The van der Waals surface area contributed by atoms with E-state index in [1.807, 2.05) is 0 Å². The highest BCUT2D eigenvalue weighted by Gasteiger charge is 2.46. The quantitative estimate of drug-likeness (QED) is 0.162. The second-order valence-corrected chi connectivity index (χ2v) is 10.4. The first-order valence-corrected chi connectivity index (χ1v) is 14.1. The van der Waals surface area contributed by atoms with Gasteiger partial charge in [-0.1, -0.05) is 54.8 Å². The number of rotatable bonds is 14. The normalized spacial score (nSPS) is 16.9. The molecule has 3 rings (SSSR count). The maximum Gasteiger partial charge on any atom is 0.295 e. The maximum atomic E-state index is 13.4. The zero-order valence-electron chi connectivity index (χ0n) is 22.8. The summed E-state index contributed by atoms with van der Waals surface area (Å²) < 4.78 is 11.9. The molecule has 0 bridgehead atoms. The van der Waals surface area contributed by atoms with E-state index in [4.69, 9.17) is 9.47 Å². The summed E-state index contributed by atoms with van der Waals surface area (Å²) in [5.41, 5.74) is 1.16. The van der Waals surface area contributed by atoms with E-state index in [9.17, 15) is 14.7 Å². The van der Waals surface area contributed by atoms with Crippen molar-refractivity contribution in [2.45, 2.75) is 52.0 Å². The van der Waals surface area contributed by atoms with Crippen LogP contribution in [0.4, 0.5) is 0 Å². The van der Waals surface area contributed by atoms with E-state index in [0.29, 0.717) is 35.6 Å². The Kier molecular flexibility index (Phi) is 11.2. The average Bonchev–Trinajstić information content (AvgIpc) is 3.18. The van der Waals surface area contributed by atoms with E-state index in [1.165, 1.54) is 0 Å². The van der Waals surface area contributed by atoms with Crippen molar-refractivity contribution in [1.82, 2.24) is 9.80 Å². The maximum absolute atomic E-state index is 13.4. The Morgan fingerprint density at radius 2 is 1.58 bits per heavy atom. The van der Waals surface area contributed by atoms with Crippen LogP contribution in [0.5, 0.6) is 11.5 Å². The lowest BCUT2D eigenvalue weighted by Gasteiger charge is -2.28. The van der Waals surface area contributed by atoms with Gasteiger partial charge in [-0.15, -0.1) is 0 Å². The minimum Gasteiger partial charge on any atom is -0.507 e. The molecule has 38 heavy (non-hydrogen) atoms. The second kappa shape index (κ2) is 14.4. The summed E-state index contributed by atoms with van der Waals surface area (Å²) in [6.07, 6.45) is 5.23. The smallest absolute Gasteiger partial charge is 0.295 e. The number of likely N-dealkylation sites (tertiary alicyclic amines) is 1. The number of carbonyl (C=O) groups excluding carboxylic acids is 2. The van der Waals surface area contributed by atoms with Crippen LogP contribution in [0.15, 0.2) is 52.5 Å². The third-order valence-electron chi connectivity index (χ3n) is 6.92. The lowest BCUT2D eigenvalue weighted by molar-refractivity contribution is -0.140. The van der Waals surface area contributed by atoms with Gasteiger partial charge in [0, 0.05) is 28.2 Å². The van der Waals surface area contributed by atoms with E-state index in [0.717, 1.165) is 49.8 Å². The van der Waals surface area contributed by atoms with E-state index < -0.39 is 17.7 Å². The van der Waals surface area contributed by atoms with Crippen LogP contribution < -0.4 is 9.47 Å². The SMILES string of the molecule is CCCCN(CCCC)CCCN1C(=O)C(=O)C(=C(O)c2ccc(Br)cc2)[C@H]1c1ccc(OC)cc1OC. The molecule has 1 saturated heterocycles. The van der Waals surface area contributed by atoms with Crippen LogP contribution >= 0.6 is 15.9 Å². The minimum absolute atomic E-state index is 0.0645. The first kappa shape index (κ1) is 29.7. The van der Waals surface area contributed by atoms with Gasteiger partial charge in [-0.2, -0.15) is 0 Å². The van der Waals surface area contributed by atoms with Gasteiger partial charge in [-0.25, -0.2) is 0 Å². The number of benzene rings is 2. The number of amides is 1. The third kappa shape index (κ3) is 6.97. The van der Waals surface area contributed by atoms with E-state index in [-0.39, 0.29) is 11.3 Å². The molecule has 7 nitrogen and oxygen atoms in total. The number of hydrogen-bond acceptors (Lipinski definition) is 6. The monoisotopic (exact) mass is 586 g/mol. The number of hydrogen-bond donors (Lipinski definition) is 1. The molecule has 1 aliphatic rings. The molecule has 1 N–H and O–H groups in total. The predicted octanol–water partition coefficient (Wildman–Crippen LogP) is 6.18. The number of ether oxygens (including phenoxy) is 2. The second-order valence-electron chi connectivity index (χ2n) is 9.51. The van der Waals surface area contributed by atoms with Gasteiger partial charge in [-0.3, -0.25) is 9.59 Å². The molecular weight excluding hydrogens is 548 g/mol. The van der Waals surface area contributed by atoms with Crippen molar-refractivity contribution >= 4 is 33.4 Å². The highest BCUT2D eigenvalue weighted by molar-refractivity contribution is 9.10. The number of methoxy groups -OCH3 is 2. The van der Waals surface area contributed by atoms with Gasteiger partial charge < -0.3 is 24.4 Å². The number of aliphatic hydroxyl groups excluding tert-OH is 1. The molecule has 1 heterocycles. The van der Waals surface area contributed by atoms with Crippen LogP contribution in [0.1, 0.15) is 63.1 Å². The zero-order chi connectivity index (χ0) is 27.7. The Bertz CT molecular complexity index is 1120. The first-order valence-electron chi connectivity index (χ1n) is 13.3. The Morgan fingerprint density at radius 1 is 0.947 bits per heavy atom. The third-order valence-corrected chi connectivity index (χ3v) is 7.45. The van der Waals surface area contributed by atoms with E-state index in [2.05, 4.69) is 34.7 Å². The van der Waals surface area contributed by atoms with Crippen molar-refractivity contribution in [2.24, 2.45) is 0 Å². The molecule has 2 aromatic rings. The summed E-state index contributed by atoms with van der Waals surface area (Å²) in [7, 11) is 3.11. The van der Waals surface area contributed by atoms with Crippen molar-refractivity contribution in [2.75, 3.05) is 40.4 Å². The molecule has 0 aliphatic carbocycles. The van der Waals surface area contributed by atoms with Gasteiger partial charge in [0.05, 0.1) is 25.8 Å². The largest absolute Gasteiger partial charge is 0.507 e. The Balaban J connectivity index is 2.00. The summed E-state index contributed by atoms with van der Waals surface area (Å²) in [6, 6.07) is 11.5. The number of ketones is 1. The Morgan fingerprint density at radius 3 is 2.16 bits per heavy atom. The highest BCUT2D eigenvalue weighted by atomic mass is 79.9. The standard InChI is InChI=1S/C30H39BrN2O5/c1-5-7-16-32(17-8-6-2)18-9-19-33-27(24-15-14-23(37-3)20-25(24)38-4)26(29(35)30(33)36)28(34)21-10-12-22(31)13-11-21/h10-15,20,27,34H,5-9,16-19H2,1-4H3/t27-/m1/s1. The van der Waals surface area contributed by atoms with Crippen LogP contribution in [0.3, 0.4) is 0 Å². The fraction of sp³-hybridized carbons (Fsp3) is 0.467. The van der Waals surface area contributed by atoms with Crippen LogP contribution in [-0.2, 0) is 9.59 Å². The molecule has 2 aromatic carbocycles. The van der Waals surface area contributed by atoms with Crippen LogP contribution in [0.2, 0.25) is 0 Å². The molecule has 1 fully saturated rings. The lowest BCUT2D eigenvalue weighted by atomic mass is 9.94. The molecule has 1 aliphatic heterocycles. The van der Waals surface area contributed by atoms with Gasteiger partial charge in [0.1, 0.15) is 17.3 Å². The molecule has 8 heteroatoms. The summed E-state index contributed by atoms with van der Waals surface area (Å²) in [6.45, 7) is 7.64. The van der Waals surface area contributed by atoms with Crippen LogP contribution in [-0.4, -0.2) is 67.0 Å². The molecule has 206 valence electrons. The zero-order valence-corrected chi connectivity index (χ0v) is 24.4. The Labute approximate surface area is 234 Å². The van der Waals surface area contributed by atoms with E-state index >= 15 is 0 Å². The van der Waals surface area contributed by atoms with Gasteiger partial charge in [-0.05, 0) is 63.2 Å². The molecular formula is C30H39BrN2O5. The molecule has 1 amide bonds. The van der Waals surface area contributed by atoms with Gasteiger partial charge in [0.15, 0.2) is 0 Å². The first-order chi connectivity index (χ1) is 18.4. The van der Waals surface area contributed by atoms with Crippen LogP contribution in [0, 0.1) is 0 Å². The summed E-state index contributed by atoms with van der Waals surface area (Å²) >= 11 is 3.40. The van der Waals surface area contributed by atoms with Crippen molar-refractivity contribution in [1.29, 1.82) is 0 Å². The highest BCUT2D eigenvalue weighted by Crippen LogP contribution is 2.43. The molecule has 0 unspecified atom stereocenters. The summed E-state index contributed by atoms with van der Waals surface area (Å²) in [4.78, 5) is 30.8. The molecule has 0 aromatic heterocycles. The summed E-state index contributed by atoms with van der Waals surface area (Å²) in [5.74, 6) is -0.426. The molecule has 0 saturated carbocycles. The van der Waals surface area contributed by atoms with Crippen molar-refractivity contribution in [3.8, 4) is 11.5 Å². The molecule has 0 radical (unpaired) electrons. The number of halogens is 1. The predicted molar refractivity (Wildman–Crippen MR) is 154 cm³/mol. The topological polar surface area (TPSA) is 79.3 Å². The molecule has 0 spiro atoms. The number of unbranched alkanes of at least 4 members (excludes halogenated alkanes) is 2. The number of aliphatic hydroxyl groups is 1. The van der Waals surface area contributed by atoms with Crippen molar-refractivity contribution in [3.63, 3.8) is 0 Å². The van der Waals surface area contributed by atoms with E-state index in [1.54, 1.807) is 61.6 Å². The van der Waals surface area contributed by atoms with Gasteiger partial charge in [0.2, 0.25) is 0 Å².